The molecule has 0 unspecified atom stereocenters. The summed E-state index contributed by atoms with van der Waals surface area (Å²) < 4.78 is 18.0. The second kappa shape index (κ2) is 7.62. The van der Waals surface area contributed by atoms with E-state index in [4.69, 9.17) is 4.74 Å². The Morgan fingerprint density at radius 3 is 2.09 bits per heavy atom. The molecule has 5 aliphatic rings. The molecule has 6 atom stereocenters. The van der Waals surface area contributed by atoms with Gasteiger partial charge in [0.15, 0.2) is 6.61 Å². The number of nitrogens with one attached hydrogen (secondary N) is 1. The Morgan fingerprint density at radius 1 is 0.912 bits per heavy atom. The molecule has 1 saturated heterocycles. The number of halogens is 1. The second-order valence-electron chi connectivity index (χ2n) is 9.34. The molecule has 2 aromatic carbocycles. The lowest BCUT2D eigenvalue weighted by molar-refractivity contribution is -0.124. The maximum Gasteiger partial charge on any atom is 0.338 e. The van der Waals surface area contributed by atoms with Crippen molar-refractivity contribution in [1.29, 1.82) is 0 Å². The number of nitrogens with zero attached hydrogens (tertiary/aromatic N) is 1. The number of anilines is 2. The zero-order chi connectivity index (χ0) is 23.6. The summed E-state index contributed by atoms with van der Waals surface area (Å²) in [5.74, 6) is -1.22. The number of carbonyl (C=O) groups excluding carboxylic acids is 4. The number of rotatable bonds is 5. The van der Waals surface area contributed by atoms with Crippen molar-refractivity contribution in [1.82, 2.24) is 0 Å². The molecule has 1 heterocycles. The first-order valence-corrected chi connectivity index (χ1v) is 11.3. The van der Waals surface area contributed by atoms with Crippen LogP contribution in [-0.2, 0) is 19.1 Å². The van der Waals surface area contributed by atoms with Crippen LogP contribution in [0, 0.1) is 41.3 Å². The van der Waals surface area contributed by atoms with Gasteiger partial charge in [-0.2, -0.15) is 0 Å². The van der Waals surface area contributed by atoms with E-state index in [1.54, 1.807) is 12.1 Å². The molecule has 3 amide bonds. The molecular formula is C26H21FN2O5. The largest absolute Gasteiger partial charge is 0.452 e. The summed E-state index contributed by atoms with van der Waals surface area (Å²) in [4.78, 5) is 51.9. The summed E-state index contributed by atoms with van der Waals surface area (Å²) in [6.07, 6.45) is 5.36. The quantitative estimate of drug-likeness (QED) is 0.420. The Bertz CT molecular complexity index is 1200. The van der Waals surface area contributed by atoms with Crippen molar-refractivity contribution in [2.45, 2.75) is 6.42 Å². The second-order valence-corrected chi connectivity index (χ2v) is 9.34. The molecule has 7 nitrogen and oxygen atoms in total. The number of carbonyl (C=O) groups is 4. The molecule has 2 saturated carbocycles. The van der Waals surface area contributed by atoms with E-state index in [0.717, 1.165) is 6.42 Å². The van der Waals surface area contributed by atoms with Crippen LogP contribution >= 0.6 is 0 Å². The highest BCUT2D eigenvalue weighted by Gasteiger charge is 2.67. The van der Waals surface area contributed by atoms with Crippen molar-refractivity contribution in [3.05, 3.63) is 72.1 Å². The van der Waals surface area contributed by atoms with Crippen molar-refractivity contribution in [2.75, 3.05) is 16.8 Å². The molecule has 2 aromatic rings. The molecule has 4 aliphatic carbocycles. The number of amides is 3. The number of esters is 1. The molecule has 2 bridgehead atoms. The molecule has 1 aliphatic heterocycles. The summed E-state index contributed by atoms with van der Waals surface area (Å²) in [6, 6.07) is 11.3. The van der Waals surface area contributed by atoms with Gasteiger partial charge in [0.25, 0.3) is 5.91 Å². The Kier molecular flexibility index (Phi) is 4.65. The lowest BCUT2D eigenvalue weighted by Gasteiger charge is -2.37. The van der Waals surface area contributed by atoms with Gasteiger partial charge in [-0.25, -0.2) is 9.18 Å². The minimum absolute atomic E-state index is 0.150. The average molecular weight is 460 g/mol. The highest BCUT2D eigenvalue weighted by Crippen LogP contribution is 2.65. The van der Waals surface area contributed by atoms with Gasteiger partial charge in [0.1, 0.15) is 5.82 Å². The maximum absolute atomic E-state index is 13.2. The minimum atomic E-state index is -0.712. The highest BCUT2D eigenvalue weighted by atomic mass is 19.1. The first kappa shape index (κ1) is 20.8. The van der Waals surface area contributed by atoms with Gasteiger partial charge in [0, 0.05) is 5.69 Å². The molecule has 0 aromatic heterocycles. The van der Waals surface area contributed by atoms with Crippen LogP contribution in [0.25, 0.3) is 0 Å². The third kappa shape index (κ3) is 3.24. The summed E-state index contributed by atoms with van der Waals surface area (Å²) in [5, 5.41) is 2.50. The predicted molar refractivity (Wildman–Crippen MR) is 119 cm³/mol. The highest BCUT2D eigenvalue weighted by molar-refractivity contribution is 6.22. The van der Waals surface area contributed by atoms with Gasteiger partial charge < -0.3 is 10.1 Å². The zero-order valence-corrected chi connectivity index (χ0v) is 18.0. The molecule has 172 valence electrons. The summed E-state index contributed by atoms with van der Waals surface area (Å²) in [6.45, 7) is -0.511. The minimum Gasteiger partial charge on any atom is -0.452 e. The first-order chi connectivity index (χ1) is 16.4. The van der Waals surface area contributed by atoms with Crippen molar-refractivity contribution < 1.29 is 28.3 Å². The fourth-order valence-electron chi connectivity index (χ4n) is 5.90. The number of hydrogen-bond acceptors (Lipinski definition) is 5. The van der Waals surface area contributed by atoms with E-state index in [9.17, 15) is 23.6 Å². The third-order valence-corrected chi connectivity index (χ3v) is 7.49. The lowest BCUT2D eigenvalue weighted by Crippen LogP contribution is -2.40. The predicted octanol–water partition coefficient (Wildman–Crippen LogP) is 3.18. The van der Waals surface area contributed by atoms with Crippen molar-refractivity contribution in [3.8, 4) is 0 Å². The van der Waals surface area contributed by atoms with E-state index in [1.165, 1.54) is 41.3 Å². The Balaban J connectivity index is 1.10. The normalized spacial score (nSPS) is 30.1. The van der Waals surface area contributed by atoms with Gasteiger partial charge in [0.05, 0.1) is 23.1 Å². The van der Waals surface area contributed by atoms with E-state index in [2.05, 4.69) is 17.5 Å². The van der Waals surface area contributed by atoms with E-state index < -0.39 is 24.3 Å². The Hall–Kier alpha value is -3.81. The van der Waals surface area contributed by atoms with Crippen LogP contribution in [0.2, 0.25) is 0 Å². The SMILES string of the molecule is O=C(COC(=O)c1ccc(N2C(=O)[C@@H]3[C@H]4C=C[C@@H]([C@@H]5C[C@@H]45)[C@@H]3C2=O)cc1)Nc1ccc(F)cc1. The van der Waals surface area contributed by atoms with E-state index in [1.807, 2.05) is 0 Å². The van der Waals surface area contributed by atoms with Gasteiger partial charge in [-0.05, 0) is 78.6 Å². The molecule has 8 heteroatoms. The number of imide groups is 1. The topological polar surface area (TPSA) is 92.8 Å². The Morgan fingerprint density at radius 2 is 1.50 bits per heavy atom. The molecule has 0 spiro atoms. The van der Waals surface area contributed by atoms with Gasteiger partial charge in [0.2, 0.25) is 11.8 Å². The fraction of sp³-hybridized carbons (Fsp3) is 0.308. The molecule has 34 heavy (non-hydrogen) atoms. The van der Waals surface area contributed by atoms with Crippen LogP contribution in [0.3, 0.4) is 0 Å². The lowest BCUT2D eigenvalue weighted by atomic mass is 9.63. The van der Waals surface area contributed by atoms with Crippen LogP contribution in [0.5, 0.6) is 0 Å². The Labute approximate surface area is 194 Å². The van der Waals surface area contributed by atoms with E-state index in [0.29, 0.717) is 23.2 Å². The van der Waals surface area contributed by atoms with Crippen LogP contribution in [0.4, 0.5) is 15.8 Å². The summed E-state index contributed by atoms with van der Waals surface area (Å²) in [5.41, 5.74) is 1.01. The van der Waals surface area contributed by atoms with Crippen LogP contribution in [0.1, 0.15) is 16.8 Å². The standard InChI is InChI=1S/C26H21FN2O5/c27-14-3-5-15(6-4-14)28-21(30)12-34-26(33)13-1-7-16(8-2-13)29-24(31)22-17-9-10-18(20-11-19(17)20)23(22)25(29)32/h1-10,17-20,22-23H,11-12H2,(H,28,30)/t17-,18-,19-,20-,22-,23+/m0/s1. The van der Waals surface area contributed by atoms with Gasteiger partial charge in [-0.15, -0.1) is 0 Å². The van der Waals surface area contributed by atoms with Gasteiger partial charge in [-0.3, -0.25) is 19.3 Å². The van der Waals surface area contributed by atoms with Crippen LogP contribution in [0.15, 0.2) is 60.7 Å². The number of allylic oxidation sites excluding steroid dienone is 2. The summed E-state index contributed by atoms with van der Waals surface area (Å²) in [7, 11) is 0. The first-order valence-electron chi connectivity index (χ1n) is 11.3. The third-order valence-electron chi connectivity index (χ3n) is 7.49. The molecule has 0 radical (unpaired) electrons. The fourth-order valence-corrected chi connectivity index (χ4v) is 5.90. The maximum atomic E-state index is 13.2. The van der Waals surface area contributed by atoms with Crippen molar-refractivity contribution >= 4 is 35.1 Å². The molecule has 3 fully saturated rings. The summed E-state index contributed by atoms with van der Waals surface area (Å²) >= 11 is 0. The van der Waals surface area contributed by atoms with Crippen LogP contribution < -0.4 is 10.2 Å². The van der Waals surface area contributed by atoms with Crippen LogP contribution in [-0.4, -0.2) is 30.3 Å². The number of ether oxygens (including phenoxy) is 1. The molecule has 1 N–H and O–H groups in total. The smallest absolute Gasteiger partial charge is 0.338 e. The van der Waals surface area contributed by atoms with Crippen molar-refractivity contribution in [2.24, 2.45) is 35.5 Å². The average Bonchev–Trinajstić information content (AvgIpc) is 3.62. The zero-order valence-electron chi connectivity index (χ0n) is 18.0. The monoisotopic (exact) mass is 460 g/mol. The van der Waals surface area contributed by atoms with E-state index in [-0.39, 0.29) is 41.0 Å². The van der Waals surface area contributed by atoms with Crippen molar-refractivity contribution in [3.63, 3.8) is 0 Å². The van der Waals surface area contributed by atoms with Gasteiger partial charge in [-0.1, -0.05) is 12.2 Å². The van der Waals surface area contributed by atoms with Gasteiger partial charge >= 0.3 is 5.97 Å². The van der Waals surface area contributed by atoms with E-state index >= 15 is 0 Å². The number of hydrogen-bond donors (Lipinski definition) is 1. The number of benzene rings is 2. The molecule has 7 rings (SSSR count). The molecular weight excluding hydrogens is 439 g/mol.